The Hall–Kier alpha value is -0.0800. The van der Waals surface area contributed by atoms with Gasteiger partial charge >= 0.3 is 0 Å². The Morgan fingerprint density at radius 1 is 1.27 bits per heavy atom. The minimum atomic E-state index is 0.257. The number of aliphatic hydroxyl groups excluding tert-OH is 1. The molecule has 0 aromatic carbocycles. The first-order valence-corrected chi connectivity index (χ1v) is 6.50. The van der Waals surface area contributed by atoms with Gasteiger partial charge in [0.05, 0.1) is 6.61 Å². The maximum atomic E-state index is 9.04. The van der Waals surface area contributed by atoms with Gasteiger partial charge in [0, 0.05) is 12.1 Å². The summed E-state index contributed by atoms with van der Waals surface area (Å²) in [5.41, 5.74) is 0. The van der Waals surface area contributed by atoms with Crippen molar-refractivity contribution in [3.63, 3.8) is 0 Å². The van der Waals surface area contributed by atoms with Crippen molar-refractivity contribution in [2.24, 2.45) is 11.8 Å². The average molecular weight is 213 g/mol. The Morgan fingerprint density at radius 2 is 2.00 bits per heavy atom. The highest BCUT2D eigenvalue weighted by Crippen LogP contribution is 2.30. The first-order chi connectivity index (χ1) is 7.13. The molecule has 3 unspecified atom stereocenters. The van der Waals surface area contributed by atoms with Gasteiger partial charge in [0.25, 0.3) is 0 Å². The molecule has 0 aromatic heterocycles. The third-order valence-electron chi connectivity index (χ3n) is 3.55. The van der Waals surface area contributed by atoms with E-state index in [1.165, 1.54) is 32.1 Å². The van der Waals surface area contributed by atoms with Gasteiger partial charge in [0.1, 0.15) is 0 Å². The second-order valence-electron chi connectivity index (χ2n) is 5.52. The third-order valence-corrected chi connectivity index (χ3v) is 3.55. The van der Waals surface area contributed by atoms with Crippen LogP contribution in [0.4, 0.5) is 0 Å². The molecule has 0 amide bonds. The largest absolute Gasteiger partial charge is 0.395 e. The molecular weight excluding hydrogens is 186 g/mol. The predicted octanol–water partition coefficient (Wildman–Crippen LogP) is 2.56. The van der Waals surface area contributed by atoms with E-state index in [1.54, 1.807) is 0 Å². The van der Waals surface area contributed by atoms with Gasteiger partial charge in [-0.2, -0.15) is 0 Å². The Morgan fingerprint density at radius 3 is 2.60 bits per heavy atom. The Kier molecular flexibility index (Phi) is 5.62. The van der Waals surface area contributed by atoms with E-state index in [0.717, 1.165) is 11.8 Å². The van der Waals surface area contributed by atoms with Crippen LogP contribution in [-0.4, -0.2) is 23.8 Å². The highest BCUT2D eigenvalue weighted by Gasteiger charge is 2.27. The summed E-state index contributed by atoms with van der Waals surface area (Å²) in [6.45, 7) is 6.92. The first kappa shape index (κ1) is 13.0. The zero-order valence-electron chi connectivity index (χ0n) is 10.5. The maximum absolute atomic E-state index is 9.04. The van der Waals surface area contributed by atoms with Gasteiger partial charge in [-0.05, 0) is 38.0 Å². The van der Waals surface area contributed by atoms with E-state index < -0.39 is 0 Å². The second-order valence-corrected chi connectivity index (χ2v) is 5.52. The van der Waals surface area contributed by atoms with E-state index in [0.29, 0.717) is 6.04 Å². The molecule has 2 heteroatoms. The van der Waals surface area contributed by atoms with Crippen LogP contribution in [0.3, 0.4) is 0 Å². The lowest BCUT2D eigenvalue weighted by Gasteiger charge is -2.24. The van der Waals surface area contributed by atoms with Crippen molar-refractivity contribution in [3.05, 3.63) is 0 Å². The van der Waals surface area contributed by atoms with Crippen molar-refractivity contribution >= 4 is 0 Å². The van der Waals surface area contributed by atoms with Crippen LogP contribution in [0.1, 0.15) is 52.9 Å². The highest BCUT2D eigenvalue weighted by molar-refractivity contribution is 4.84. The SMILES string of the molecule is CC(C)CCC1CCCC1NC(C)CO. The van der Waals surface area contributed by atoms with E-state index in [1.807, 2.05) is 0 Å². The Balaban J connectivity index is 2.29. The predicted molar refractivity (Wildman–Crippen MR) is 64.9 cm³/mol. The molecule has 0 spiro atoms. The fourth-order valence-electron chi connectivity index (χ4n) is 2.57. The van der Waals surface area contributed by atoms with Gasteiger partial charge in [0.2, 0.25) is 0 Å². The van der Waals surface area contributed by atoms with Gasteiger partial charge in [0.15, 0.2) is 0 Å². The molecule has 1 aliphatic rings. The minimum absolute atomic E-state index is 0.257. The van der Waals surface area contributed by atoms with Crippen molar-refractivity contribution in [1.29, 1.82) is 0 Å². The van der Waals surface area contributed by atoms with Crippen LogP contribution >= 0.6 is 0 Å². The van der Waals surface area contributed by atoms with E-state index in [4.69, 9.17) is 5.11 Å². The number of nitrogens with one attached hydrogen (secondary N) is 1. The van der Waals surface area contributed by atoms with Gasteiger partial charge in [-0.3, -0.25) is 0 Å². The zero-order chi connectivity index (χ0) is 11.3. The lowest BCUT2D eigenvalue weighted by atomic mass is 9.93. The molecule has 0 aliphatic heterocycles. The monoisotopic (exact) mass is 213 g/mol. The van der Waals surface area contributed by atoms with Crippen LogP contribution in [-0.2, 0) is 0 Å². The molecule has 0 heterocycles. The standard InChI is InChI=1S/C13H27NO/c1-10(2)7-8-12-5-4-6-13(12)14-11(3)9-15/h10-15H,4-9H2,1-3H3. The van der Waals surface area contributed by atoms with E-state index in [9.17, 15) is 0 Å². The fraction of sp³-hybridized carbons (Fsp3) is 1.00. The van der Waals surface area contributed by atoms with E-state index in [-0.39, 0.29) is 12.6 Å². The molecule has 0 bridgehead atoms. The minimum Gasteiger partial charge on any atom is -0.395 e. The molecule has 1 fully saturated rings. The van der Waals surface area contributed by atoms with Crippen molar-refractivity contribution in [2.45, 2.75) is 65.0 Å². The number of aliphatic hydroxyl groups is 1. The molecule has 1 rings (SSSR count). The van der Waals surface area contributed by atoms with Crippen LogP contribution in [0.15, 0.2) is 0 Å². The van der Waals surface area contributed by atoms with Gasteiger partial charge in [-0.15, -0.1) is 0 Å². The molecule has 0 saturated heterocycles. The lowest BCUT2D eigenvalue weighted by Crippen LogP contribution is -2.40. The Bertz CT molecular complexity index is 170. The number of rotatable bonds is 6. The number of hydrogen-bond acceptors (Lipinski definition) is 2. The molecule has 3 atom stereocenters. The summed E-state index contributed by atoms with van der Waals surface area (Å²) in [6.07, 6.45) is 6.73. The maximum Gasteiger partial charge on any atom is 0.0582 e. The first-order valence-electron chi connectivity index (χ1n) is 6.50. The molecule has 0 radical (unpaired) electrons. The average Bonchev–Trinajstić information content (AvgIpc) is 2.62. The normalized spacial score (nSPS) is 28.6. The summed E-state index contributed by atoms with van der Waals surface area (Å²) in [4.78, 5) is 0. The van der Waals surface area contributed by atoms with Crippen molar-refractivity contribution < 1.29 is 5.11 Å². The smallest absolute Gasteiger partial charge is 0.0582 e. The van der Waals surface area contributed by atoms with Crippen molar-refractivity contribution in [3.8, 4) is 0 Å². The van der Waals surface area contributed by atoms with E-state index >= 15 is 0 Å². The molecule has 90 valence electrons. The van der Waals surface area contributed by atoms with Crippen LogP contribution in [0, 0.1) is 11.8 Å². The molecule has 15 heavy (non-hydrogen) atoms. The quantitative estimate of drug-likeness (QED) is 0.711. The molecule has 0 aromatic rings. The summed E-state index contributed by atoms with van der Waals surface area (Å²) in [6, 6.07) is 0.917. The van der Waals surface area contributed by atoms with Crippen molar-refractivity contribution in [2.75, 3.05) is 6.61 Å². The second kappa shape index (κ2) is 6.49. The van der Waals surface area contributed by atoms with Crippen molar-refractivity contribution in [1.82, 2.24) is 5.32 Å². The topological polar surface area (TPSA) is 32.3 Å². The van der Waals surface area contributed by atoms with Crippen LogP contribution < -0.4 is 5.32 Å². The van der Waals surface area contributed by atoms with Gasteiger partial charge < -0.3 is 10.4 Å². The van der Waals surface area contributed by atoms with E-state index in [2.05, 4.69) is 26.1 Å². The highest BCUT2D eigenvalue weighted by atomic mass is 16.3. The molecule has 2 N–H and O–H groups in total. The van der Waals surface area contributed by atoms with Gasteiger partial charge in [-0.25, -0.2) is 0 Å². The summed E-state index contributed by atoms with van der Waals surface area (Å²) >= 11 is 0. The zero-order valence-corrected chi connectivity index (χ0v) is 10.5. The summed E-state index contributed by atoms with van der Waals surface area (Å²) in [5, 5.41) is 12.6. The third kappa shape index (κ3) is 4.52. The summed E-state index contributed by atoms with van der Waals surface area (Å²) in [5.74, 6) is 1.67. The van der Waals surface area contributed by atoms with Gasteiger partial charge in [-0.1, -0.05) is 26.7 Å². The van der Waals surface area contributed by atoms with Crippen LogP contribution in [0.2, 0.25) is 0 Å². The molecule has 1 aliphatic carbocycles. The Labute approximate surface area is 94.5 Å². The lowest BCUT2D eigenvalue weighted by molar-refractivity contribution is 0.226. The summed E-state index contributed by atoms with van der Waals surface area (Å²) in [7, 11) is 0. The molecule has 1 saturated carbocycles. The van der Waals surface area contributed by atoms with Crippen LogP contribution in [0.5, 0.6) is 0 Å². The van der Waals surface area contributed by atoms with Crippen LogP contribution in [0.25, 0.3) is 0 Å². The summed E-state index contributed by atoms with van der Waals surface area (Å²) < 4.78 is 0. The number of hydrogen-bond donors (Lipinski definition) is 2. The fourth-order valence-corrected chi connectivity index (χ4v) is 2.57. The molecule has 2 nitrogen and oxygen atoms in total. The molecular formula is C13H27NO.